The maximum Gasteiger partial charge on any atom is 0.416 e. The lowest BCUT2D eigenvalue weighted by Crippen LogP contribution is -2.05. The van der Waals surface area contributed by atoms with Crippen molar-refractivity contribution in [3.8, 4) is 17.6 Å². The van der Waals surface area contributed by atoms with Crippen LogP contribution in [-0.2, 0) is 17.4 Å². The van der Waals surface area contributed by atoms with Gasteiger partial charge in [0.25, 0.3) is 0 Å². The van der Waals surface area contributed by atoms with Gasteiger partial charge in [-0.15, -0.1) is 0 Å². The van der Waals surface area contributed by atoms with Gasteiger partial charge in [-0.05, 0) is 60.2 Å². The molecule has 0 saturated heterocycles. The topological polar surface area (TPSA) is 70.3 Å². The molecular formula is C19H14F3NO3. The monoisotopic (exact) mass is 361 g/mol. The fourth-order valence-corrected chi connectivity index (χ4v) is 3.18. The van der Waals surface area contributed by atoms with E-state index in [4.69, 9.17) is 15.1 Å². The number of halogens is 3. The van der Waals surface area contributed by atoms with E-state index in [1.807, 2.05) is 0 Å². The molecule has 0 saturated carbocycles. The Balaban J connectivity index is 1.85. The van der Waals surface area contributed by atoms with Gasteiger partial charge in [-0.3, -0.25) is 4.79 Å². The third kappa shape index (κ3) is 3.64. The van der Waals surface area contributed by atoms with Gasteiger partial charge in [0.2, 0.25) is 0 Å². The summed E-state index contributed by atoms with van der Waals surface area (Å²) < 4.78 is 43.8. The van der Waals surface area contributed by atoms with Gasteiger partial charge < -0.3 is 9.84 Å². The molecule has 3 rings (SSSR count). The number of ether oxygens (including phenoxy) is 1. The zero-order valence-corrected chi connectivity index (χ0v) is 13.5. The lowest BCUT2D eigenvalue weighted by molar-refractivity contribution is -0.138. The van der Waals surface area contributed by atoms with Gasteiger partial charge in [0.1, 0.15) is 17.6 Å². The van der Waals surface area contributed by atoms with Crippen molar-refractivity contribution in [2.24, 2.45) is 0 Å². The molecule has 0 spiro atoms. The van der Waals surface area contributed by atoms with E-state index in [1.54, 1.807) is 24.3 Å². The second-order valence-corrected chi connectivity index (χ2v) is 6.12. The normalized spacial score (nSPS) is 16.0. The van der Waals surface area contributed by atoms with Crippen molar-refractivity contribution in [3.05, 3.63) is 58.7 Å². The predicted octanol–water partition coefficient (Wildman–Crippen LogP) is 4.87. The molecular weight excluding hydrogens is 347 g/mol. The second-order valence-electron chi connectivity index (χ2n) is 6.12. The number of aryl methyl sites for hydroxylation is 1. The summed E-state index contributed by atoms with van der Waals surface area (Å²) in [5, 5.41) is 18.1. The lowest BCUT2D eigenvalue weighted by atomic mass is 9.98. The quantitative estimate of drug-likeness (QED) is 0.843. The Kier molecular flexibility index (Phi) is 4.60. The maximum absolute atomic E-state index is 12.7. The molecule has 0 fully saturated rings. The number of rotatable bonds is 4. The van der Waals surface area contributed by atoms with Gasteiger partial charge in [-0.25, -0.2) is 0 Å². The van der Waals surface area contributed by atoms with E-state index >= 15 is 0 Å². The van der Waals surface area contributed by atoms with Crippen LogP contribution < -0.4 is 4.74 Å². The third-order valence-electron chi connectivity index (χ3n) is 4.39. The summed E-state index contributed by atoms with van der Waals surface area (Å²) in [7, 11) is 0. The van der Waals surface area contributed by atoms with Crippen LogP contribution in [0.25, 0.3) is 0 Å². The van der Waals surface area contributed by atoms with Crippen LogP contribution in [-0.4, -0.2) is 11.1 Å². The summed E-state index contributed by atoms with van der Waals surface area (Å²) in [6.45, 7) is 0. The number of carboxylic acids is 1. The van der Waals surface area contributed by atoms with Gasteiger partial charge in [-0.2, -0.15) is 18.4 Å². The molecule has 7 heteroatoms. The maximum atomic E-state index is 12.7. The zero-order valence-electron chi connectivity index (χ0n) is 13.5. The van der Waals surface area contributed by atoms with Crippen molar-refractivity contribution in [2.75, 3.05) is 0 Å². The van der Waals surface area contributed by atoms with Gasteiger partial charge in [-0.1, -0.05) is 6.07 Å². The Morgan fingerprint density at radius 2 is 2.04 bits per heavy atom. The summed E-state index contributed by atoms with van der Waals surface area (Å²) >= 11 is 0. The molecule has 0 radical (unpaired) electrons. The molecule has 0 unspecified atom stereocenters. The highest BCUT2D eigenvalue weighted by molar-refractivity contribution is 5.68. The minimum atomic E-state index is -4.53. The van der Waals surface area contributed by atoms with Gasteiger partial charge in [0.05, 0.1) is 17.5 Å². The number of hydrogen-bond acceptors (Lipinski definition) is 3. The molecule has 0 amide bonds. The number of nitriles is 1. The smallest absolute Gasteiger partial charge is 0.416 e. The van der Waals surface area contributed by atoms with E-state index in [0.717, 1.165) is 35.7 Å². The van der Waals surface area contributed by atoms with Crippen LogP contribution in [0, 0.1) is 11.3 Å². The minimum absolute atomic E-state index is 0.0422. The number of nitrogens with zero attached hydrogens (tertiary/aromatic N) is 1. The first kappa shape index (κ1) is 17.8. The first-order valence-corrected chi connectivity index (χ1v) is 7.91. The van der Waals surface area contributed by atoms with Gasteiger partial charge in [0.15, 0.2) is 0 Å². The molecule has 1 atom stereocenters. The van der Waals surface area contributed by atoms with Gasteiger partial charge >= 0.3 is 12.1 Å². The molecule has 0 aliphatic heterocycles. The van der Waals surface area contributed by atoms with Crippen LogP contribution in [0.2, 0.25) is 0 Å². The van der Waals surface area contributed by atoms with Crippen molar-refractivity contribution in [2.45, 2.75) is 31.4 Å². The Bertz CT molecular complexity index is 900. The van der Waals surface area contributed by atoms with Crippen LogP contribution in [0.15, 0.2) is 36.4 Å². The molecule has 0 bridgehead atoms. The number of fused-ring (bicyclic) bond motifs is 1. The standard InChI is InChI=1S/C19H14F3NO3/c20-19(21,22)14-3-6-17(13(7-14)10-23)26-15-4-5-16-11(8-15)1-2-12(16)9-18(24)25/h3-8,12H,1-2,9H2,(H,24,25)/t12-/m0/s1. The minimum Gasteiger partial charge on any atom is -0.481 e. The zero-order chi connectivity index (χ0) is 18.9. The third-order valence-corrected chi connectivity index (χ3v) is 4.39. The fourth-order valence-electron chi connectivity index (χ4n) is 3.18. The highest BCUT2D eigenvalue weighted by atomic mass is 19.4. The van der Waals surface area contributed by atoms with E-state index in [0.29, 0.717) is 12.2 Å². The lowest BCUT2D eigenvalue weighted by Gasteiger charge is -2.13. The Morgan fingerprint density at radius 1 is 1.27 bits per heavy atom. The number of carboxylic acid groups (broad SMARTS) is 1. The molecule has 4 nitrogen and oxygen atoms in total. The SMILES string of the molecule is N#Cc1cc(C(F)(F)F)ccc1Oc1ccc2c(c1)CC[C@H]2CC(=O)O. The van der Waals surface area contributed by atoms with Crippen molar-refractivity contribution in [3.63, 3.8) is 0 Å². The summed E-state index contributed by atoms with van der Waals surface area (Å²) in [6, 6.07) is 9.63. The molecule has 1 aliphatic carbocycles. The molecule has 2 aromatic carbocycles. The van der Waals surface area contributed by atoms with Crippen LogP contribution in [0.3, 0.4) is 0 Å². The van der Waals surface area contributed by atoms with Crippen molar-refractivity contribution in [1.29, 1.82) is 5.26 Å². The second kappa shape index (κ2) is 6.71. The molecule has 1 N–H and O–H groups in total. The van der Waals surface area contributed by atoms with Crippen molar-refractivity contribution in [1.82, 2.24) is 0 Å². The summed E-state index contributed by atoms with van der Waals surface area (Å²) in [5.74, 6) is -0.458. The van der Waals surface area contributed by atoms with E-state index in [-0.39, 0.29) is 23.7 Å². The van der Waals surface area contributed by atoms with Crippen LogP contribution >= 0.6 is 0 Å². The Labute approximate surface area is 147 Å². The summed E-state index contributed by atoms with van der Waals surface area (Å²) in [6.07, 6.45) is -3.03. The molecule has 1 aliphatic rings. The molecule has 134 valence electrons. The first-order valence-electron chi connectivity index (χ1n) is 7.91. The first-order chi connectivity index (χ1) is 12.3. The molecule has 2 aromatic rings. The number of aliphatic carboxylic acids is 1. The average Bonchev–Trinajstić information content (AvgIpc) is 2.95. The van der Waals surface area contributed by atoms with Crippen LogP contribution in [0.5, 0.6) is 11.5 Å². The number of benzene rings is 2. The predicted molar refractivity (Wildman–Crippen MR) is 86.0 cm³/mol. The number of carbonyl (C=O) groups is 1. The van der Waals surface area contributed by atoms with E-state index in [9.17, 15) is 18.0 Å². The van der Waals surface area contributed by atoms with Crippen LogP contribution in [0.4, 0.5) is 13.2 Å². The summed E-state index contributed by atoms with van der Waals surface area (Å²) in [4.78, 5) is 10.9. The largest absolute Gasteiger partial charge is 0.481 e. The highest BCUT2D eigenvalue weighted by Gasteiger charge is 2.31. The Hall–Kier alpha value is -3.01. The molecule has 0 aromatic heterocycles. The molecule has 0 heterocycles. The average molecular weight is 361 g/mol. The van der Waals surface area contributed by atoms with E-state index in [1.165, 1.54) is 0 Å². The van der Waals surface area contributed by atoms with Crippen molar-refractivity contribution >= 4 is 5.97 Å². The van der Waals surface area contributed by atoms with Gasteiger partial charge in [0, 0.05) is 0 Å². The van der Waals surface area contributed by atoms with E-state index in [2.05, 4.69) is 0 Å². The number of alkyl halides is 3. The van der Waals surface area contributed by atoms with E-state index < -0.39 is 17.7 Å². The summed E-state index contributed by atoms with van der Waals surface area (Å²) in [5.41, 5.74) is 0.794. The molecule has 26 heavy (non-hydrogen) atoms. The van der Waals surface area contributed by atoms with Crippen molar-refractivity contribution < 1.29 is 27.8 Å². The Morgan fingerprint density at radius 3 is 2.69 bits per heavy atom. The number of hydrogen-bond donors (Lipinski definition) is 1. The highest BCUT2D eigenvalue weighted by Crippen LogP contribution is 2.39. The fraction of sp³-hybridized carbons (Fsp3) is 0.263. The van der Waals surface area contributed by atoms with Crippen LogP contribution in [0.1, 0.15) is 41.0 Å².